The lowest BCUT2D eigenvalue weighted by Crippen LogP contribution is -2.27. The number of esters is 1. The summed E-state index contributed by atoms with van der Waals surface area (Å²) in [6.45, 7) is 3.77. The number of benzene rings is 2. The fourth-order valence-electron chi connectivity index (χ4n) is 3.49. The second-order valence-corrected chi connectivity index (χ2v) is 8.75. The van der Waals surface area contributed by atoms with E-state index in [-0.39, 0.29) is 31.3 Å². The lowest BCUT2D eigenvalue weighted by Gasteiger charge is -2.12. The van der Waals surface area contributed by atoms with Gasteiger partial charge in [-0.3, -0.25) is 19.3 Å². The highest BCUT2D eigenvalue weighted by Crippen LogP contribution is 2.35. The van der Waals surface area contributed by atoms with E-state index in [0.29, 0.717) is 10.7 Å². The molecule has 0 spiro atoms. The number of aromatic nitrogens is 1. The molecule has 2 heterocycles. The first-order valence-electron chi connectivity index (χ1n) is 10.0. The van der Waals surface area contributed by atoms with Gasteiger partial charge in [0.1, 0.15) is 0 Å². The summed E-state index contributed by atoms with van der Waals surface area (Å²) in [5.74, 6) is -1.58. The number of aryl methyl sites for hydroxylation is 2. The second kappa shape index (κ2) is 8.81. The largest absolute Gasteiger partial charge is 0.457 e. The average molecular weight is 435 g/mol. The maximum Gasteiger partial charge on any atom is 0.311 e. The van der Waals surface area contributed by atoms with E-state index in [1.807, 2.05) is 56.3 Å². The molecule has 1 saturated heterocycles. The van der Waals surface area contributed by atoms with Crippen molar-refractivity contribution < 1.29 is 19.1 Å². The first kappa shape index (κ1) is 20.9. The minimum Gasteiger partial charge on any atom is -0.457 e. The Kier molecular flexibility index (Phi) is 5.95. The van der Waals surface area contributed by atoms with Gasteiger partial charge in [-0.05, 0) is 13.8 Å². The van der Waals surface area contributed by atoms with Crippen LogP contribution in [0.1, 0.15) is 27.2 Å². The normalized spacial score (nSPS) is 15.9. The van der Waals surface area contributed by atoms with Gasteiger partial charge in [0.25, 0.3) is 0 Å². The van der Waals surface area contributed by atoms with Crippen LogP contribution in [0.2, 0.25) is 0 Å². The Labute approximate surface area is 184 Å². The molecule has 0 saturated carbocycles. The van der Waals surface area contributed by atoms with Gasteiger partial charge in [0.15, 0.2) is 17.5 Å². The van der Waals surface area contributed by atoms with Gasteiger partial charge in [0.05, 0.1) is 11.6 Å². The standard InChI is InChI=1S/C24H22N2O4S/c1-15-8-10-17(11-9-15)20(27)14-30-23(29)19-12-21(28)26(13-19)24-25-22(16(2)31-24)18-6-4-3-5-7-18/h3-11,19H,12-14H2,1-2H3. The van der Waals surface area contributed by atoms with E-state index >= 15 is 0 Å². The smallest absolute Gasteiger partial charge is 0.311 e. The second-order valence-electron chi connectivity index (χ2n) is 7.57. The van der Waals surface area contributed by atoms with Gasteiger partial charge in [-0.25, -0.2) is 4.98 Å². The number of amides is 1. The molecular formula is C24H22N2O4S. The molecule has 1 amide bonds. The third-order valence-electron chi connectivity index (χ3n) is 5.24. The van der Waals surface area contributed by atoms with Crippen LogP contribution in [0.4, 0.5) is 5.13 Å². The Bertz CT molecular complexity index is 1120. The first-order valence-corrected chi connectivity index (χ1v) is 10.8. The van der Waals surface area contributed by atoms with Gasteiger partial charge < -0.3 is 4.74 Å². The van der Waals surface area contributed by atoms with Gasteiger partial charge in [-0.1, -0.05) is 60.2 Å². The Balaban J connectivity index is 1.39. The van der Waals surface area contributed by atoms with Crippen LogP contribution in [-0.4, -0.2) is 35.8 Å². The number of carbonyl (C=O) groups is 3. The summed E-state index contributed by atoms with van der Waals surface area (Å²) in [4.78, 5) is 44.5. The number of rotatable bonds is 6. The van der Waals surface area contributed by atoms with Gasteiger partial charge in [-0.2, -0.15) is 0 Å². The Morgan fingerprint density at radius 2 is 1.81 bits per heavy atom. The van der Waals surface area contributed by atoms with E-state index in [0.717, 1.165) is 21.7 Å². The molecule has 1 aliphatic heterocycles. The van der Waals surface area contributed by atoms with Crippen LogP contribution >= 0.6 is 11.3 Å². The highest BCUT2D eigenvalue weighted by Gasteiger charge is 2.38. The zero-order valence-electron chi connectivity index (χ0n) is 17.3. The van der Waals surface area contributed by atoms with Crippen LogP contribution in [0.5, 0.6) is 0 Å². The molecule has 1 atom stereocenters. The van der Waals surface area contributed by atoms with Crippen molar-refractivity contribution in [3.63, 3.8) is 0 Å². The fourth-order valence-corrected chi connectivity index (χ4v) is 4.45. The molecule has 31 heavy (non-hydrogen) atoms. The molecule has 1 aromatic heterocycles. The van der Waals surface area contributed by atoms with Crippen LogP contribution in [0.15, 0.2) is 54.6 Å². The van der Waals surface area contributed by atoms with E-state index in [9.17, 15) is 14.4 Å². The predicted octanol–water partition coefficient (Wildman–Crippen LogP) is 4.21. The van der Waals surface area contributed by atoms with Crippen LogP contribution in [0.25, 0.3) is 11.3 Å². The number of hydrogen-bond donors (Lipinski definition) is 0. The minimum atomic E-state index is -0.609. The minimum absolute atomic E-state index is 0.0524. The number of ketones is 1. The molecule has 3 aromatic rings. The number of nitrogens with zero attached hydrogens (tertiary/aromatic N) is 2. The molecule has 0 aliphatic carbocycles. The van der Waals surface area contributed by atoms with E-state index in [1.165, 1.54) is 16.2 Å². The van der Waals surface area contributed by atoms with Crippen molar-refractivity contribution in [2.45, 2.75) is 20.3 Å². The molecule has 158 valence electrons. The molecule has 1 unspecified atom stereocenters. The topological polar surface area (TPSA) is 76.6 Å². The van der Waals surface area contributed by atoms with Crippen molar-refractivity contribution in [2.24, 2.45) is 5.92 Å². The highest BCUT2D eigenvalue weighted by molar-refractivity contribution is 7.16. The van der Waals surface area contributed by atoms with Crippen LogP contribution < -0.4 is 4.90 Å². The maximum absolute atomic E-state index is 12.6. The Hall–Kier alpha value is -3.32. The van der Waals surface area contributed by atoms with E-state index in [1.54, 1.807) is 12.1 Å². The van der Waals surface area contributed by atoms with Crippen molar-refractivity contribution in [3.05, 3.63) is 70.6 Å². The lowest BCUT2D eigenvalue weighted by atomic mass is 10.1. The maximum atomic E-state index is 12.6. The average Bonchev–Trinajstić information content (AvgIpc) is 3.35. The number of ether oxygens (including phenoxy) is 1. The lowest BCUT2D eigenvalue weighted by molar-refractivity contribution is -0.147. The van der Waals surface area contributed by atoms with Crippen molar-refractivity contribution >= 4 is 34.1 Å². The molecule has 4 rings (SSSR count). The third kappa shape index (κ3) is 4.56. The Morgan fingerprint density at radius 1 is 1.10 bits per heavy atom. The molecule has 2 aromatic carbocycles. The van der Waals surface area contributed by atoms with Gasteiger partial charge in [0, 0.05) is 29.0 Å². The van der Waals surface area contributed by atoms with Gasteiger partial charge in [0.2, 0.25) is 5.91 Å². The summed E-state index contributed by atoms with van der Waals surface area (Å²) in [5, 5.41) is 0.576. The van der Waals surface area contributed by atoms with E-state index in [4.69, 9.17) is 4.74 Å². The fraction of sp³-hybridized carbons (Fsp3) is 0.250. The number of carbonyl (C=O) groups excluding carboxylic acids is 3. The molecule has 0 N–H and O–H groups in total. The zero-order valence-corrected chi connectivity index (χ0v) is 18.1. The number of thiazole rings is 1. The quantitative estimate of drug-likeness (QED) is 0.429. The van der Waals surface area contributed by atoms with Crippen molar-refractivity contribution in [1.29, 1.82) is 0 Å². The van der Waals surface area contributed by atoms with E-state index < -0.39 is 11.9 Å². The monoisotopic (exact) mass is 434 g/mol. The van der Waals surface area contributed by atoms with Crippen LogP contribution in [0, 0.1) is 19.8 Å². The van der Waals surface area contributed by atoms with Gasteiger partial charge >= 0.3 is 5.97 Å². The first-order chi connectivity index (χ1) is 14.9. The molecule has 0 radical (unpaired) electrons. The molecular weight excluding hydrogens is 412 g/mol. The van der Waals surface area contributed by atoms with Crippen LogP contribution in [-0.2, 0) is 14.3 Å². The third-order valence-corrected chi connectivity index (χ3v) is 6.23. The predicted molar refractivity (Wildman–Crippen MR) is 119 cm³/mol. The van der Waals surface area contributed by atoms with E-state index in [2.05, 4.69) is 4.98 Å². The number of hydrogen-bond acceptors (Lipinski definition) is 6. The molecule has 1 fully saturated rings. The Morgan fingerprint density at radius 3 is 2.52 bits per heavy atom. The summed E-state index contributed by atoms with van der Waals surface area (Å²) in [6, 6.07) is 16.9. The highest BCUT2D eigenvalue weighted by atomic mass is 32.1. The SMILES string of the molecule is Cc1ccc(C(=O)COC(=O)C2CC(=O)N(c3nc(-c4ccccc4)c(C)s3)C2)cc1. The number of Topliss-reactive ketones (excluding diaryl/α,β-unsaturated/α-hetero) is 1. The summed E-state index contributed by atoms with van der Waals surface area (Å²) < 4.78 is 5.22. The van der Waals surface area contributed by atoms with Crippen molar-refractivity contribution in [2.75, 3.05) is 18.1 Å². The van der Waals surface area contributed by atoms with Crippen molar-refractivity contribution in [1.82, 2.24) is 4.98 Å². The van der Waals surface area contributed by atoms with Crippen molar-refractivity contribution in [3.8, 4) is 11.3 Å². The summed E-state index contributed by atoms with van der Waals surface area (Å²) >= 11 is 1.43. The summed E-state index contributed by atoms with van der Waals surface area (Å²) in [6.07, 6.45) is 0.0524. The van der Waals surface area contributed by atoms with Crippen LogP contribution in [0.3, 0.4) is 0 Å². The molecule has 7 heteroatoms. The summed E-state index contributed by atoms with van der Waals surface area (Å²) in [7, 11) is 0. The summed E-state index contributed by atoms with van der Waals surface area (Å²) in [5.41, 5.74) is 3.36. The molecule has 6 nitrogen and oxygen atoms in total. The molecule has 1 aliphatic rings. The zero-order chi connectivity index (χ0) is 22.0. The molecule has 0 bridgehead atoms. The number of anilines is 1. The van der Waals surface area contributed by atoms with Gasteiger partial charge in [-0.15, -0.1) is 11.3 Å².